The highest BCUT2D eigenvalue weighted by Crippen LogP contribution is 2.19. The first-order valence-corrected chi connectivity index (χ1v) is 9.48. The number of nitrogens with zero attached hydrogens (tertiary/aromatic N) is 1. The molecule has 0 unspecified atom stereocenters. The summed E-state index contributed by atoms with van der Waals surface area (Å²) in [6.45, 7) is -0.00813. The van der Waals surface area contributed by atoms with Gasteiger partial charge < -0.3 is 19.6 Å². The summed E-state index contributed by atoms with van der Waals surface area (Å²) in [5, 5.41) is 10.1. The third kappa shape index (κ3) is 4.85. The molecule has 0 bridgehead atoms. The molecule has 0 aliphatic carbocycles. The molecule has 7 nitrogen and oxygen atoms in total. The summed E-state index contributed by atoms with van der Waals surface area (Å²) in [7, 11) is 0. The molecule has 0 aliphatic heterocycles. The van der Waals surface area contributed by atoms with Gasteiger partial charge in [-0.2, -0.15) is 0 Å². The molecule has 0 amide bonds. The lowest BCUT2D eigenvalue weighted by Gasteiger charge is -2.10. The molecule has 0 atom stereocenters. The summed E-state index contributed by atoms with van der Waals surface area (Å²) in [6, 6.07) is 16.6. The normalized spacial score (nSPS) is 10.6. The van der Waals surface area contributed by atoms with Crippen LogP contribution in [0.3, 0.4) is 0 Å². The average Bonchev–Trinajstić information content (AvgIpc) is 2.72. The summed E-state index contributed by atoms with van der Waals surface area (Å²) >= 11 is 3.36. The SMILES string of the molecule is O=C(O)c1nc(-c2ccc(CBr)cc2)[nH]c(=O)c1OCOCc1ccccc1. The number of hydrogen-bond donors (Lipinski definition) is 2. The van der Waals surface area contributed by atoms with Gasteiger partial charge in [0.15, 0.2) is 12.5 Å². The molecule has 8 heteroatoms. The van der Waals surface area contributed by atoms with Crippen molar-refractivity contribution in [3.8, 4) is 17.1 Å². The zero-order chi connectivity index (χ0) is 19.9. The van der Waals surface area contributed by atoms with E-state index in [0.29, 0.717) is 10.9 Å². The number of ether oxygens (including phenoxy) is 2. The van der Waals surface area contributed by atoms with Crippen LogP contribution >= 0.6 is 15.9 Å². The van der Waals surface area contributed by atoms with Gasteiger partial charge in [0, 0.05) is 10.9 Å². The summed E-state index contributed by atoms with van der Waals surface area (Å²) in [6.07, 6.45) is 0. The predicted molar refractivity (Wildman–Crippen MR) is 107 cm³/mol. The number of alkyl halides is 1. The molecule has 3 aromatic rings. The lowest BCUT2D eigenvalue weighted by Crippen LogP contribution is -2.20. The number of hydrogen-bond acceptors (Lipinski definition) is 5. The van der Waals surface area contributed by atoms with Gasteiger partial charge in [-0.25, -0.2) is 9.78 Å². The van der Waals surface area contributed by atoms with E-state index in [1.165, 1.54) is 0 Å². The van der Waals surface area contributed by atoms with Crippen LogP contribution in [0, 0.1) is 0 Å². The van der Waals surface area contributed by atoms with Gasteiger partial charge in [0.2, 0.25) is 5.75 Å². The second kappa shape index (κ2) is 9.29. The summed E-state index contributed by atoms with van der Waals surface area (Å²) in [5.74, 6) is -1.59. The van der Waals surface area contributed by atoms with Crippen LogP contribution in [0.5, 0.6) is 5.75 Å². The fraction of sp³-hybridized carbons (Fsp3) is 0.150. The molecular formula is C20H17BrN2O5. The van der Waals surface area contributed by atoms with E-state index >= 15 is 0 Å². The van der Waals surface area contributed by atoms with Crippen molar-refractivity contribution in [1.82, 2.24) is 9.97 Å². The van der Waals surface area contributed by atoms with Crippen molar-refractivity contribution in [2.45, 2.75) is 11.9 Å². The van der Waals surface area contributed by atoms with Crippen molar-refractivity contribution >= 4 is 21.9 Å². The Labute approximate surface area is 169 Å². The first kappa shape index (κ1) is 19.8. The maximum absolute atomic E-state index is 12.4. The van der Waals surface area contributed by atoms with Gasteiger partial charge in [-0.15, -0.1) is 0 Å². The molecule has 28 heavy (non-hydrogen) atoms. The molecule has 2 N–H and O–H groups in total. The highest BCUT2D eigenvalue weighted by atomic mass is 79.9. The number of H-pyrrole nitrogens is 1. The van der Waals surface area contributed by atoms with Gasteiger partial charge in [-0.3, -0.25) is 4.79 Å². The standard InChI is InChI=1S/C20H17BrN2O5/c21-10-13-6-8-15(9-7-13)18-22-16(20(25)26)17(19(24)23-18)28-12-27-11-14-4-2-1-3-5-14/h1-9H,10-12H2,(H,25,26)(H,22,23,24). The molecule has 0 saturated carbocycles. The molecule has 0 fully saturated rings. The fourth-order valence-corrected chi connectivity index (χ4v) is 2.84. The van der Waals surface area contributed by atoms with E-state index in [2.05, 4.69) is 25.9 Å². The first-order chi connectivity index (χ1) is 13.6. The van der Waals surface area contributed by atoms with Gasteiger partial charge in [0.25, 0.3) is 5.56 Å². The Morgan fingerprint density at radius 1 is 1.07 bits per heavy atom. The van der Waals surface area contributed by atoms with Crippen molar-refractivity contribution < 1.29 is 19.4 Å². The minimum absolute atomic E-state index is 0.154. The number of nitrogens with one attached hydrogen (secondary N) is 1. The quantitative estimate of drug-likeness (QED) is 0.312. The molecule has 2 aromatic carbocycles. The number of aromatic carboxylic acids is 1. The fourth-order valence-electron chi connectivity index (χ4n) is 2.46. The average molecular weight is 445 g/mol. The molecule has 0 saturated heterocycles. The van der Waals surface area contributed by atoms with Crippen molar-refractivity contribution in [3.05, 3.63) is 81.8 Å². The monoisotopic (exact) mass is 444 g/mol. The second-order valence-corrected chi connectivity index (χ2v) is 6.38. The summed E-state index contributed by atoms with van der Waals surface area (Å²) in [5.41, 5.74) is 1.41. The van der Waals surface area contributed by atoms with Crippen molar-refractivity contribution in [3.63, 3.8) is 0 Å². The van der Waals surface area contributed by atoms with Crippen LogP contribution < -0.4 is 10.3 Å². The lowest BCUT2D eigenvalue weighted by atomic mass is 10.1. The van der Waals surface area contributed by atoms with Crippen LogP contribution in [0.2, 0.25) is 0 Å². The zero-order valence-corrected chi connectivity index (χ0v) is 16.3. The Kier molecular flexibility index (Phi) is 6.57. The van der Waals surface area contributed by atoms with E-state index in [0.717, 1.165) is 11.1 Å². The van der Waals surface area contributed by atoms with Crippen LogP contribution in [-0.4, -0.2) is 27.8 Å². The van der Waals surface area contributed by atoms with E-state index in [4.69, 9.17) is 9.47 Å². The number of halogens is 1. The van der Waals surface area contributed by atoms with E-state index in [1.54, 1.807) is 12.1 Å². The summed E-state index contributed by atoms with van der Waals surface area (Å²) < 4.78 is 10.6. The Morgan fingerprint density at radius 2 is 1.79 bits per heavy atom. The first-order valence-electron chi connectivity index (χ1n) is 8.36. The largest absolute Gasteiger partial charge is 0.476 e. The molecule has 3 rings (SSSR count). The molecule has 0 spiro atoms. The van der Waals surface area contributed by atoms with Gasteiger partial charge in [-0.1, -0.05) is 70.5 Å². The van der Waals surface area contributed by atoms with E-state index in [-0.39, 0.29) is 25.0 Å². The molecular weight excluding hydrogens is 428 g/mol. The van der Waals surface area contributed by atoms with Gasteiger partial charge in [0.05, 0.1) is 6.61 Å². The van der Waals surface area contributed by atoms with Crippen molar-refractivity contribution in [1.29, 1.82) is 0 Å². The number of benzene rings is 2. The number of aromatic amines is 1. The minimum Gasteiger partial charge on any atom is -0.476 e. The van der Waals surface area contributed by atoms with Crippen LogP contribution in [0.25, 0.3) is 11.4 Å². The van der Waals surface area contributed by atoms with Crippen molar-refractivity contribution in [2.24, 2.45) is 0 Å². The maximum Gasteiger partial charge on any atom is 0.358 e. The van der Waals surface area contributed by atoms with E-state index < -0.39 is 17.2 Å². The van der Waals surface area contributed by atoms with Crippen LogP contribution in [0.1, 0.15) is 21.6 Å². The molecule has 0 radical (unpaired) electrons. The number of rotatable bonds is 8. The Balaban J connectivity index is 1.77. The number of carboxylic acid groups (broad SMARTS) is 1. The Bertz CT molecular complexity index is 1000. The number of aromatic nitrogens is 2. The molecule has 1 aromatic heterocycles. The smallest absolute Gasteiger partial charge is 0.358 e. The van der Waals surface area contributed by atoms with Crippen LogP contribution in [0.4, 0.5) is 0 Å². The predicted octanol–water partition coefficient (Wildman–Crippen LogP) is 3.58. The van der Waals surface area contributed by atoms with Crippen LogP contribution in [0.15, 0.2) is 59.4 Å². The molecule has 0 aliphatic rings. The highest BCUT2D eigenvalue weighted by molar-refractivity contribution is 9.08. The third-order valence-electron chi connectivity index (χ3n) is 3.86. The maximum atomic E-state index is 12.4. The van der Waals surface area contributed by atoms with Gasteiger partial charge in [0.1, 0.15) is 5.82 Å². The highest BCUT2D eigenvalue weighted by Gasteiger charge is 2.20. The van der Waals surface area contributed by atoms with E-state index in [1.807, 2.05) is 42.5 Å². The molecule has 1 heterocycles. The van der Waals surface area contributed by atoms with Crippen LogP contribution in [-0.2, 0) is 16.7 Å². The molecule has 144 valence electrons. The minimum atomic E-state index is -1.36. The Morgan fingerprint density at radius 3 is 2.43 bits per heavy atom. The third-order valence-corrected chi connectivity index (χ3v) is 4.51. The topological polar surface area (TPSA) is 102 Å². The zero-order valence-electron chi connectivity index (χ0n) is 14.7. The second-order valence-electron chi connectivity index (χ2n) is 5.82. The summed E-state index contributed by atoms with van der Waals surface area (Å²) in [4.78, 5) is 30.6. The number of carbonyl (C=O) groups is 1. The van der Waals surface area contributed by atoms with Crippen molar-refractivity contribution in [2.75, 3.05) is 6.79 Å². The number of carboxylic acids is 1. The van der Waals surface area contributed by atoms with Gasteiger partial charge >= 0.3 is 5.97 Å². The Hall–Kier alpha value is -2.97. The van der Waals surface area contributed by atoms with Gasteiger partial charge in [-0.05, 0) is 11.1 Å². The van der Waals surface area contributed by atoms with E-state index in [9.17, 15) is 14.7 Å². The lowest BCUT2D eigenvalue weighted by molar-refractivity contribution is 0.00318.